The van der Waals surface area contributed by atoms with Gasteiger partial charge in [0.1, 0.15) is 0 Å². The molecule has 0 spiro atoms. The Morgan fingerprint density at radius 2 is 1.76 bits per heavy atom. The number of ether oxygens (including phenoxy) is 1. The first kappa shape index (κ1) is 23.3. The Balaban J connectivity index is 1.49. The molecule has 3 aromatic rings. The van der Waals surface area contributed by atoms with Crippen molar-refractivity contribution in [3.63, 3.8) is 0 Å². The molecule has 1 aromatic heterocycles. The Kier molecular flexibility index (Phi) is 7.67. The fourth-order valence-electron chi connectivity index (χ4n) is 3.83. The van der Waals surface area contributed by atoms with Crippen LogP contribution in [0.4, 0.5) is 5.95 Å². The van der Waals surface area contributed by atoms with E-state index in [-0.39, 0.29) is 5.91 Å². The lowest BCUT2D eigenvalue weighted by Crippen LogP contribution is -2.38. The normalized spacial score (nSPS) is 13.8. The molecular weight excluding hydrogens is 434 g/mol. The van der Waals surface area contributed by atoms with Gasteiger partial charge in [0.25, 0.3) is 0 Å². The molecular formula is C25H31N5O2S. The first-order chi connectivity index (χ1) is 16.1. The fraction of sp³-hybridized carbons (Fsp3) is 0.400. The number of amides is 1. The number of morpholine rings is 1. The average molecular weight is 466 g/mol. The van der Waals surface area contributed by atoms with Crippen LogP contribution < -0.4 is 4.90 Å². The number of carbonyl (C=O) groups excluding carboxylic acids is 1. The third-order valence-corrected chi connectivity index (χ3v) is 6.78. The van der Waals surface area contributed by atoms with E-state index in [1.54, 1.807) is 4.90 Å². The molecule has 0 atom stereocenters. The first-order valence-corrected chi connectivity index (χ1v) is 12.3. The van der Waals surface area contributed by atoms with Crippen LogP contribution in [0.2, 0.25) is 0 Å². The summed E-state index contributed by atoms with van der Waals surface area (Å²) in [5, 5.41) is 9.69. The van der Waals surface area contributed by atoms with Gasteiger partial charge in [-0.3, -0.25) is 9.36 Å². The molecule has 174 valence electrons. The number of anilines is 1. The largest absolute Gasteiger partial charge is 0.378 e. The van der Waals surface area contributed by atoms with Gasteiger partial charge in [-0.15, -0.1) is 10.2 Å². The van der Waals surface area contributed by atoms with Crippen LogP contribution in [0.3, 0.4) is 0 Å². The summed E-state index contributed by atoms with van der Waals surface area (Å²) < 4.78 is 7.58. The molecule has 8 heteroatoms. The zero-order valence-corrected chi connectivity index (χ0v) is 20.3. The monoisotopic (exact) mass is 465 g/mol. The van der Waals surface area contributed by atoms with Crippen LogP contribution >= 0.6 is 11.8 Å². The Morgan fingerprint density at radius 1 is 1.06 bits per heavy atom. The van der Waals surface area contributed by atoms with Gasteiger partial charge in [-0.05, 0) is 36.1 Å². The van der Waals surface area contributed by atoms with Crippen LogP contribution in [0, 0.1) is 6.92 Å². The minimum atomic E-state index is 0.0619. The van der Waals surface area contributed by atoms with Gasteiger partial charge in [0, 0.05) is 26.7 Å². The minimum absolute atomic E-state index is 0.0619. The molecule has 0 saturated carbocycles. The van der Waals surface area contributed by atoms with Crippen molar-refractivity contribution in [1.82, 2.24) is 19.7 Å². The highest BCUT2D eigenvalue weighted by Gasteiger charge is 2.23. The van der Waals surface area contributed by atoms with Gasteiger partial charge in [-0.1, -0.05) is 61.2 Å². The van der Waals surface area contributed by atoms with Crippen molar-refractivity contribution in [1.29, 1.82) is 0 Å². The van der Waals surface area contributed by atoms with Crippen molar-refractivity contribution < 1.29 is 9.53 Å². The number of hydrogen-bond donors (Lipinski definition) is 0. The summed E-state index contributed by atoms with van der Waals surface area (Å²) in [7, 11) is 1.85. The average Bonchev–Trinajstić information content (AvgIpc) is 3.27. The van der Waals surface area contributed by atoms with Gasteiger partial charge in [0.2, 0.25) is 11.9 Å². The van der Waals surface area contributed by atoms with Crippen LogP contribution in [0.15, 0.2) is 53.7 Å². The number of aromatic nitrogens is 3. The first-order valence-electron chi connectivity index (χ1n) is 11.4. The van der Waals surface area contributed by atoms with Gasteiger partial charge in [-0.25, -0.2) is 0 Å². The van der Waals surface area contributed by atoms with Crippen LogP contribution in [0.1, 0.15) is 23.6 Å². The number of aryl methyl sites for hydroxylation is 2. The summed E-state index contributed by atoms with van der Waals surface area (Å²) in [4.78, 5) is 16.9. The van der Waals surface area contributed by atoms with E-state index in [9.17, 15) is 4.79 Å². The van der Waals surface area contributed by atoms with Crippen molar-refractivity contribution in [2.45, 2.75) is 32.0 Å². The number of carbonyl (C=O) groups is 1. The highest BCUT2D eigenvalue weighted by Crippen LogP contribution is 2.29. The van der Waals surface area contributed by atoms with Crippen molar-refractivity contribution in [2.75, 3.05) is 44.0 Å². The molecule has 7 nitrogen and oxygen atoms in total. The Bertz CT molecular complexity index is 1080. The van der Waals surface area contributed by atoms with Gasteiger partial charge in [0.05, 0.1) is 24.7 Å². The maximum absolute atomic E-state index is 12.9. The predicted molar refractivity (Wildman–Crippen MR) is 132 cm³/mol. The SMILES string of the molecule is CCc1ccc(CN(C)C(=O)CSc2nnc(N3CCOCC3)n2-c2ccccc2C)cc1. The molecule has 1 aliphatic heterocycles. The van der Waals surface area contributed by atoms with Crippen molar-refractivity contribution in [3.8, 4) is 5.69 Å². The third kappa shape index (κ3) is 5.57. The summed E-state index contributed by atoms with van der Waals surface area (Å²) in [6, 6.07) is 16.6. The number of para-hydroxylation sites is 1. The maximum atomic E-state index is 12.9. The Labute approximate surface area is 199 Å². The lowest BCUT2D eigenvalue weighted by Gasteiger charge is -2.28. The molecule has 0 N–H and O–H groups in total. The summed E-state index contributed by atoms with van der Waals surface area (Å²) in [5.41, 5.74) is 4.59. The van der Waals surface area contributed by atoms with E-state index < -0.39 is 0 Å². The number of thioether (sulfide) groups is 1. The molecule has 0 bridgehead atoms. The summed E-state index contributed by atoms with van der Waals surface area (Å²) in [5.74, 6) is 1.16. The molecule has 2 aromatic carbocycles. The Hall–Kier alpha value is -2.84. The van der Waals surface area contributed by atoms with Crippen LogP contribution in [0.5, 0.6) is 0 Å². The van der Waals surface area contributed by atoms with E-state index in [0.717, 1.165) is 47.4 Å². The van der Waals surface area contributed by atoms with E-state index in [4.69, 9.17) is 4.74 Å². The standard InChI is InChI=1S/C25H31N5O2S/c1-4-20-9-11-21(12-10-20)17-28(3)23(31)18-33-25-27-26-24(29-13-15-32-16-14-29)30(25)22-8-6-5-7-19(22)2/h5-12H,4,13-18H2,1-3H3. The number of nitrogens with zero attached hydrogens (tertiary/aromatic N) is 5. The van der Waals surface area contributed by atoms with Gasteiger partial charge in [-0.2, -0.15) is 0 Å². The Morgan fingerprint density at radius 3 is 2.45 bits per heavy atom. The maximum Gasteiger partial charge on any atom is 0.233 e. The molecule has 2 heterocycles. The number of hydrogen-bond acceptors (Lipinski definition) is 6. The van der Waals surface area contributed by atoms with Crippen LogP contribution in [0.25, 0.3) is 5.69 Å². The topological polar surface area (TPSA) is 63.5 Å². The highest BCUT2D eigenvalue weighted by molar-refractivity contribution is 7.99. The molecule has 4 rings (SSSR count). The predicted octanol–water partition coefficient (Wildman–Crippen LogP) is 3.73. The summed E-state index contributed by atoms with van der Waals surface area (Å²) in [6.45, 7) is 7.70. The van der Waals surface area contributed by atoms with Gasteiger partial charge < -0.3 is 14.5 Å². The fourth-order valence-corrected chi connectivity index (χ4v) is 4.71. The van der Waals surface area contributed by atoms with Gasteiger partial charge in [0.15, 0.2) is 5.16 Å². The van der Waals surface area contributed by atoms with E-state index in [1.807, 2.05) is 19.2 Å². The van der Waals surface area contributed by atoms with E-state index >= 15 is 0 Å². The quantitative estimate of drug-likeness (QED) is 0.473. The molecule has 1 amide bonds. The third-order valence-electron chi connectivity index (χ3n) is 5.87. The highest BCUT2D eigenvalue weighted by atomic mass is 32.2. The van der Waals surface area contributed by atoms with Crippen molar-refractivity contribution in [2.24, 2.45) is 0 Å². The zero-order chi connectivity index (χ0) is 23.2. The molecule has 1 fully saturated rings. The molecule has 0 radical (unpaired) electrons. The van der Waals surface area contributed by atoms with Gasteiger partial charge >= 0.3 is 0 Å². The van der Waals surface area contributed by atoms with Crippen LogP contribution in [-0.4, -0.2) is 64.7 Å². The molecule has 0 aliphatic carbocycles. The van der Waals surface area contributed by atoms with Crippen LogP contribution in [-0.2, 0) is 22.5 Å². The molecule has 33 heavy (non-hydrogen) atoms. The smallest absolute Gasteiger partial charge is 0.233 e. The van der Waals surface area contributed by atoms with Crippen molar-refractivity contribution >= 4 is 23.6 Å². The number of benzene rings is 2. The minimum Gasteiger partial charge on any atom is -0.378 e. The lowest BCUT2D eigenvalue weighted by atomic mass is 10.1. The van der Waals surface area contributed by atoms with E-state index in [2.05, 4.69) is 69.9 Å². The molecule has 1 saturated heterocycles. The number of rotatable bonds is 8. The van der Waals surface area contributed by atoms with E-state index in [1.165, 1.54) is 17.3 Å². The molecule has 1 aliphatic rings. The van der Waals surface area contributed by atoms with E-state index in [0.29, 0.717) is 25.5 Å². The second kappa shape index (κ2) is 10.9. The summed E-state index contributed by atoms with van der Waals surface area (Å²) >= 11 is 1.43. The molecule has 0 unspecified atom stereocenters. The lowest BCUT2D eigenvalue weighted by molar-refractivity contribution is -0.127. The summed E-state index contributed by atoms with van der Waals surface area (Å²) in [6.07, 6.45) is 1.01. The second-order valence-corrected chi connectivity index (χ2v) is 9.15. The van der Waals surface area contributed by atoms with Crippen molar-refractivity contribution in [3.05, 3.63) is 65.2 Å². The second-order valence-electron chi connectivity index (χ2n) is 8.21. The zero-order valence-electron chi connectivity index (χ0n) is 19.5.